The van der Waals surface area contributed by atoms with Crippen molar-refractivity contribution in [1.29, 1.82) is 0 Å². The van der Waals surface area contributed by atoms with Gasteiger partial charge in [-0.1, -0.05) is 0 Å². The lowest BCUT2D eigenvalue weighted by atomic mass is 9.99. The highest BCUT2D eigenvalue weighted by molar-refractivity contribution is 5.93. The Morgan fingerprint density at radius 2 is 1.86 bits per heavy atom. The summed E-state index contributed by atoms with van der Waals surface area (Å²) in [6.07, 6.45) is -3.78. The first kappa shape index (κ1) is 24.6. The third kappa shape index (κ3) is 5.76. The van der Waals surface area contributed by atoms with Gasteiger partial charge in [0, 0.05) is 31.8 Å². The molecule has 1 fully saturated rings. The van der Waals surface area contributed by atoms with Crippen molar-refractivity contribution < 1.29 is 32.5 Å². The Bertz CT molecular complexity index is 1200. The molecule has 9 nitrogen and oxygen atoms in total. The van der Waals surface area contributed by atoms with Crippen LogP contribution in [0.3, 0.4) is 0 Å². The van der Waals surface area contributed by atoms with Gasteiger partial charge in [-0.2, -0.15) is 5.10 Å². The van der Waals surface area contributed by atoms with Crippen LogP contribution in [0, 0.1) is 5.92 Å². The predicted molar refractivity (Wildman–Crippen MR) is 121 cm³/mol. The number of alkyl carbamates (subject to hydrolysis) is 1. The molecule has 0 aliphatic carbocycles. The highest BCUT2D eigenvalue weighted by atomic mass is 19.4. The number of carbonyl (C=O) groups excluding carboxylic acids is 1. The summed E-state index contributed by atoms with van der Waals surface area (Å²) in [6, 6.07) is 7.11. The number of pyridine rings is 1. The van der Waals surface area contributed by atoms with E-state index in [2.05, 4.69) is 25.0 Å². The smallest absolute Gasteiger partial charge is 0.444 e. The lowest BCUT2D eigenvalue weighted by Crippen LogP contribution is -2.48. The van der Waals surface area contributed by atoms with E-state index in [0.29, 0.717) is 35.5 Å². The van der Waals surface area contributed by atoms with Gasteiger partial charge in [0.25, 0.3) is 0 Å². The summed E-state index contributed by atoms with van der Waals surface area (Å²) < 4.78 is 48.3. The molecule has 3 heterocycles. The number of aliphatic hydroxyl groups is 1. The first-order valence-electron chi connectivity index (χ1n) is 11.0. The minimum atomic E-state index is -4.79. The van der Waals surface area contributed by atoms with Crippen LogP contribution in [0.15, 0.2) is 36.5 Å². The van der Waals surface area contributed by atoms with Crippen molar-refractivity contribution in [2.24, 2.45) is 5.92 Å². The molecule has 35 heavy (non-hydrogen) atoms. The molecular weight excluding hydrogens is 467 g/mol. The van der Waals surface area contributed by atoms with Gasteiger partial charge < -0.3 is 24.8 Å². The first-order valence-corrected chi connectivity index (χ1v) is 11.0. The SMILES string of the molecule is CC(C)(C)OC(=O)NCc1nn(-c2ccc(OC(F)(F)F)cc2)c2nccc(N3CC(CO)C3)c12. The highest BCUT2D eigenvalue weighted by Gasteiger charge is 2.32. The fourth-order valence-corrected chi connectivity index (χ4v) is 3.80. The second-order valence-electron chi connectivity index (χ2n) is 9.24. The molecule has 0 saturated carbocycles. The summed E-state index contributed by atoms with van der Waals surface area (Å²) in [6.45, 7) is 6.71. The number of fused-ring (bicyclic) bond motifs is 1. The van der Waals surface area contributed by atoms with Crippen molar-refractivity contribution in [3.05, 3.63) is 42.2 Å². The van der Waals surface area contributed by atoms with E-state index in [1.807, 2.05) is 6.07 Å². The minimum absolute atomic E-state index is 0.0453. The molecule has 1 amide bonds. The van der Waals surface area contributed by atoms with Crippen molar-refractivity contribution in [3.8, 4) is 11.4 Å². The molecule has 3 aromatic rings. The van der Waals surface area contributed by atoms with E-state index in [4.69, 9.17) is 4.74 Å². The Morgan fingerprint density at radius 3 is 2.46 bits per heavy atom. The topological polar surface area (TPSA) is 102 Å². The monoisotopic (exact) mass is 493 g/mol. The summed E-state index contributed by atoms with van der Waals surface area (Å²) in [5.74, 6) is -0.188. The number of amides is 1. The van der Waals surface area contributed by atoms with Crippen LogP contribution in [-0.2, 0) is 11.3 Å². The third-order valence-electron chi connectivity index (χ3n) is 5.29. The molecule has 2 N–H and O–H groups in total. The normalized spacial score (nSPS) is 14.7. The number of benzene rings is 1. The lowest BCUT2D eigenvalue weighted by Gasteiger charge is -2.40. The Morgan fingerprint density at radius 1 is 1.17 bits per heavy atom. The van der Waals surface area contributed by atoms with Gasteiger partial charge in [0.1, 0.15) is 11.4 Å². The van der Waals surface area contributed by atoms with E-state index < -0.39 is 18.1 Å². The van der Waals surface area contributed by atoms with Crippen LogP contribution in [0.1, 0.15) is 26.5 Å². The zero-order valence-corrected chi connectivity index (χ0v) is 19.5. The number of carbonyl (C=O) groups is 1. The Kier molecular flexibility index (Phi) is 6.50. The van der Waals surface area contributed by atoms with Crippen molar-refractivity contribution in [2.45, 2.75) is 39.3 Å². The van der Waals surface area contributed by atoms with Crippen LogP contribution < -0.4 is 15.0 Å². The van der Waals surface area contributed by atoms with Gasteiger partial charge in [-0.05, 0) is 51.1 Å². The summed E-state index contributed by atoms with van der Waals surface area (Å²) in [5, 5.41) is 17.4. The second-order valence-corrected chi connectivity index (χ2v) is 9.24. The first-order chi connectivity index (χ1) is 16.4. The predicted octanol–water partition coefficient (Wildman–Crippen LogP) is 3.77. The fraction of sp³-hybridized carbons (Fsp3) is 0.435. The summed E-state index contributed by atoms with van der Waals surface area (Å²) in [7, 11) is 0. The van der Waals surface area contributed by atoms with E-state index in [1.165, 1.54) is 28.9 Å². The average molecular weight is 493 g/mol. The lowest BCUT2D eigenvalue weighted by molar-refractivity contribution is -0.274. The van der Waals surface area contributed by atoms with Gasteiger partial charge >= 0.3 is 12.5 Å². The van der Waals surface area contributed by atoms with Crippen LogP contribution >= 0.6 is 0 Å². The number of hydrogen-bond donors (Lipinski definition) is 2. The van der Waals surface area contributed by atoms with Crippen molar-refractivity contribution >= 4 is 22.8 Å². The number of aromatic nitrogens is 3. The minimum Gasteiger partial charge on any atom is -0.444 e. The number of hydrogen-bond acceptors (Lipinski definition) is 7. The van der Waals surface area contributed by atoms with Gasteiger partial charge in [-0.3, -0.25) is 0 Å². The molecule has 0 radical (unpaired) electrons. The van der Waals surface area contributed by atoms with Gasteiger partial charge in [0.2, 0.25) is 0 Å². The Balaban J connectivity index is 1.69. The number of ether oxygens (including phenoxy) is 2. The molecule has 0 atom stereocenters. The number of halogens is 3. The number of anilines is 1. The van der Waals surface area contributed by atoms with Gasteiger partial charge in [0.15, 0.2) is 5.65 Å². The molecule has 0 bridgehead atoms. The Hall–Kier alpha value is -3.54. The van der Waals surface area contributed by atoms with Crippen LogP contribution in [-0.4, -0.2) is 57.6 Å². The summed E-state index contributed by atoms with van der Waals surface area (Å²) >= 11 is 0. The van der Waals surface area contributed by atoms with Gasteiger partial charge in [-0.25, -0.2) is 14.5 Å². The van der Waals surface area contributed by atoms with Crippen molar-refractivity contribution in [1.82, 2.24) is 20.1 Å². The number of nitrogens with zero attached hydrogens (tertiary/aromatic N) is 4. The maximum Gasteiger partial charge on any atom is 0.573 e. The number of rotatable bonds is 6. The zero-order valence-electron chi connectivity index (χ0n) is 19.5. The quantitative estimate of drug-likeness (QED) is 0.539. The largest absolute Gasteiger partial charge is 0.573 e. The van der Waals surface area contributed by atoms with Crippen LogP contribution in [0.25, 0.3) is 16.7 Å². The van der Waals surface area contributed by atoms with Crippen molar-refractivity contribution in [2.75, 3.05) is 24.6 Å². The third-order valence-corrected chi connectivity index (χ3v) is 5.29. The number of nitrogens with one attached hydrogen (secondary N) is 1. The van der Waals surface area contributed by atoms with E-state index in [-0.39, 0.29) is 24.8 Å². The van der Waals surface area contributed by atoms with Gasteiger partial charge in [0.05, 0.1) is 29.0 Å². The van der Waals surface area contributed by atoms with Crippen LogP contribution in [0.5, 0.6) is 5.75 Å². The molecule has 12 heteroatoms. The van der Waals surface area contributed by atoms with E-state index in [1.54, 1.807) is 27.0 Å². The summed E-state index contributed by atoms with van der Waals surface area (Å²) in [5.41, 5.74) is 1.62. The van der Waals surface area contributed by atoms with E-state index in [9.17, 15) is 23.1 Å². The zero-order chi connectivity index (χ0) is 25.4. The molecule has 188 valence electrons. The van der Waals surface area contributed by atoms with Crippen LogP contribution in [0.4, 0.5) is 23.7 Å². The summed E-state index contributed by atoms with van der Waals surface area (Å²) in [4.78, 5) is 18.8. The average Bonchev–Trinajstić information content (AvgIpc) is 3.09. The number of aliphatic hydroxyl groups excluding tert-OH is 1. The van der Waals surface area contributed by atoms with E-state index >= 15 is 0 Å². The van der Waals surface area contributed by atoms with E-state index in [0.717, 1.165) is 5.69 Å². The van der Waals surface area contributed by atoms with Crippen LogP contribution in [0.2, 0.25) is 0 Å². The number of alkyl halides is 3. The molecule has 4 rings (SSSR count). The molecule has 1 aromatic carbocycles. The van der Waals surface area contributed by atoms with Gasteiger partial charge in [-0.15, -0.1) is 13.2 Å². The highest BCUT2D eigenvalue weighted by Crippen LogP contribution is 2.34. The fourth-order valence-electron chi connectivity index (χ4n) is 3.80. The molecule has 0 spiro atoms. The second kappa shape index (κ2) is 9.25. The molecule has 1 saturated heterocycles. The maximum atomic E-state index is 12.5. The van der Waals surface area contributed by atoms with Crippen molar-refractivity contribution in [3.63, 3.8) is 0 Å². The molecule has 2 aromatic heterocycles. The molecule has 0 unspecified atom stereocenters. The Labute approximate surface area is 199 Å². The maximum absolute atomic E-state index is 12.5. The molecule has 1 aliphatic heterocycles. The molecule has 1 aliphatic rings. The molecular formula is C23H26F3N5O4. The standard InChI is InChI=1S/C23H26F3N5O4/c1-22(2,3)35-21(33)28-10-17-19-18(30-11-14(12-30)13-32)8-9-27-20(19)31(29-17)15-4-6-16(7-5-15)34-23(24,25)26/h4-9,14,32H,10-13H2,1-3H3,(H,28,33).